The fourth-order valence-electron chi connectivity index (χ4n) is 2.60. The van der Waals surface area contributed by atoms with Crippen LogP contribution in [-0.4, -0.2) is 26.7 Å². The molecule has 26 heavy (non-hydrogen) atoms. The summed E-state index contributed by atoms with van der Waals surface area (Å²) in [6.45, 7) is 5.20. The Kier molecular flexibility index (Phi) is 8.84. The second-order valence-corrected chi connectivity index (χ2v) is 6.49. The first-order valence-electron chi connectivity index (χ1n) is 8.29. The van der Waals surface area contributed by atoms with Gasteiger partial charge in [0.05, 0.1) is 7.11 Å². The zero-order valence-corrected chi connectivity index (χ0v) is 18.0. The average molecular weight is 471 g/mol. The first kappa shape index (κ1) is 22.2. The largest absolute Gasteiger partial charge is 0.497 e. The maximum absolute atomic E-state index is 14.0. The summed E-state index contributed by atoms with van der Waals surface area (Å²) >= 11 is 0. The summed E-state index contributed by atoms with van der Waals surface area (Å²) in [5.41, 5.74) is 1.42. The maximum Gasteiger partial charge on any atom is 0.191 e. The number of methoxy groups -OCH3 is 1. The molecule has 142 valence electrons. The van der Waals surface area contributed by atoms with Crippen LogP contribution in [0.3, 0.4) is 0 Å². The van der Waals surface area contributed by atoms with E-state index in [0.29, 0.717) is 24.6 Å². The van der Waals surface area contributed by atoms with Crippen molar-refractivity contribution in [2.75, 3.05) is 20.7 Å². The first-order valence-corrected chi connectivity index (χ1v) is 8.29. The van der Waals surface area contributed by atoms with Crippen molar-refractivity contribution in [1.82, 2.24) is 10.6 Å². The lowest BCUT2D eigenvalue weighted by Gasteiger charge is -2.27. The van der Waals surface area contributed by atoms with Crippen molar-refractivity contribution in [2.45, 2.75) is 25.8 Å². The molecule has 0 aliphatic carbocycles. The zero-order valence-electron chi connectivity index (χ0n) is 15.7. The van der Waals surface area contributed by atoms with Crippen LogP contribution in [0.4, 0.5) is 4.39 Å². The fourth-order valence-corrected chi connectivity index (χ4v) is 2.60. The average Bonchev–Trinajstić information content (AvgIpc) is 2.62. The molecule has 0 saturated carbocycles. The van der Waals surface area contributed by atoms with Gasteiger partial charge < -0.3 is 15.4 Å². The molecule has 0 unspecified atom stereocenters. The Balaban J connectivity index is 0.00000338. The van der Waals surface area contributed by atoms with Gasteiger partial charge in [-0.15, -0.1) is 24.0 Å². The minimum absolute atomic E-state index is 0. The molecule has 0 spiro atoms. The SMILES string of the molecule is CN=C(NCc1cccc(OC)c1)NCC(C)(C)c1ccccc1F.I. The fraction of sp³-hybridized carbons (Fsp3) is 0.350. The highest BCUT2D eigenvalue weighted by Gasteiger charge is 2.24. The van der Waals surface area contributed by atoms with Crippen LogP contribution in [-0.2, 0) is 12.0 Å². The van der Waals surface area contributed by atoms with Crippen LogP contribution in [0.5, 0.6) is 5.75 Å². The van der Waals surface area contributed by atoms with E-state index in [0.717, 1.165) is 11.3 Å². The minimum Gasteiger partial charge on any atom is -0.497 e. The zero-order chi connectivity index (χ0) is 18.3. The number of benzene rings is 2. The van der Waals surface area contributed by atoms with E-state index in [2.05, 4.69) is 15.6 Å². The third-order valence-electron chi connectivity index (χ3n) is 4.12. The number of hydrogen-bond acceptors (Lipinski definition) is 2. The summed E-state index contributed by atoms with van der Waals surface area (Å²) in [5.74, 6) is 1.31. The van der Waals surface area contributed by atoms with Crippen molar-refractivity contribution in [3.05, 3.63) is 65.5 Å². The number of nitrogens with one attached hydrogen (secondary N) is 2. The predicted molar refractivity (Wildman–Crippen MR) is 116 cm³/mol. The predicted octanol–water partition coefficient (Wildman–Crippen LogP) is 4.10. The van der Waals surface area contributed by atoms with Crippen molar-refractivity contribution < 1.29 is 9.13 Å². The molecule has 0 aromatic heterocycles. The lowest BCUT2D eigenvalue weighted by Crippen LogP contribution is -2.43. The summed E-state index contributed by atoms with van der Waals surface area (Å²) in [5, 5.41) is 6.54. The maximum atomic E-state index is 14.0. The third-order valence-corrected chi connectivity index (χ3v) is 4.12. The molecular weight excluding hydrogens is 444 g/mol. The normalized spacial score (nSPS) is 11.5. The highest BCUT2D eigenvalue weighted by atomic mass is 127. The van der Waals surface area contributed by atoms with Gasteiger partial charge >= 0.3 is 0 Å². The van der Waals surface area contributed by atoms with Gasteiger partial charge in [0.15, 0.2) is 5.96 Å². The van der Waals surface area contributed by atoms with E-state index >= 15 is 0 Å². The smallest absolute Gasteiger partial charge is 0.191 e. The molecule has 0 amide bonds. The molecule has 0 saturated heterocycles. The van der Waals surface area contributed by atoms with E-state index in [4.69, 9.17) is 4.74 Å². The van der Waals surface area contributed by atoms with Crippen LogP contribution in [0, 0.1) is 5.82 Å². The van der Waals surface area contributed by atoms with Crippen LogP contribution in [0.15, 0.2) is 53.5 Å². The Hall–Kier alpha value is -1.83. The van der Waals surface area contributed by atoms with E-state index in [-0.39, 0.29) is 35.2 Å². The van der Waals surface area contributed by atoms with Gasteiger partial charge in [-0.2, -0.15) is 0 Å². The summed E-state index contributed by atoms with van der Waals surface area (Å²) in [6, 6.07) is 14.7. The van der Waals surface area contributed by atoms with E-state index in [1.807, 2.05) is 50.2 Å². The van der Waals surface area contributed by atoms with Gasteiger partial charge in [0.2, 0.25) is 0 Å². The minimum atomic E-state index is -0.362. The molecule has 6 heteroatoms. The summed E-state index contributed by atoms with van der Waals surface area (Å²) in [7, 11) is 3.37. The molecule has 2 aromatic rings. The van der Waals surface area contributed by atoms with Gasteiger partial charge in [-0.1, -0.05) is 44.2 Å². The Morgan fingerprint density at radius 1 is 1.12 bits per heavy atom. The van der Waals surface area contributed by atoms with E-state index in [9.17, 15) is 4.39 Å². The van der Waals surface area contributed by atoms with Crippen LogP contribution >= 0.6 is 24.0 Å². The summed E-state index contributed by atoms with van der Waals surface area (Å²) in [4.78, 5) is 4.23. The second-order valence-electron chi connectivity index (χ2n) is 6.49. The topological polar surface area (TPSA) is 45.7 Å². The third kappa shape index (κ3) is 6.16. The highest BCUT2D eigenvalue weighted by Crippen LogP contribution is 2.24. The van der Waals surface area contributed by atoms with E-state index < -0.39 is 0 Å². The van der Waals surface area contributed by atoms with Gasteiger partial charge in [-0.05, 0) is 29.3 Å². The molecule has 0 aliphatic heterocycles. The molecule has 0 bridgehead atoms. The molecule has 2 aromatic carbocycles. The van der Waals surface area contributed by atoms with Gasteiger partial charge in [-0.3, -0.25) is 4.99 Å². The molecule has 0 fully saturated rings. The van der Waals surface area contributed by atoms with Crippen molar-refractivity contribution in [1.29, 1.82) is 0 Å². The molecule has 0 aliphatic rings. The van der Waals surface area contributed by atoms with Crippen LogP contribution in [0.1, 0.15) is 25.0 Å². The van der Waals surface area contributed by atoms with Gasteiger partial charge in [-0.25, -0.2) is 4.39 Å². The molecular formula is C20H27FIN3O. The first-order chi connectivity index (χ1) is 12.0. The lowest BCUT2D eigenvalue weighted by molar-refractivity contribution is 0.414. The van der Waals surface area contributed by atoms with Crippen molar-refractivity contribution in [3.63, 3.8) is 0 Å². The number of halogens is 2. The Labute approximate surface area is 172 Å². The van der Waals surface area contributed by atoms with Crippen molar-refractivity contribution >= 4 is 29.9 Å². The quantitative estimate of drug-likeness (QED) is 0.379. The van der Waals surface area contributed by atoms with Crippen molar-refractivity contribution in [3.8, 4) is 5.75 Å². The molecule has 0 heterocycles. The number of hydrogen-bond donors (Lipinski definition) is 2. The van der Waals surface area contributed by atoms with E-state index in [1.165, 1.54) is 6.07 Å². The van der Waals surface area contributed by atoms with Crippen LogP contribution in [0.2, 0.25) is 0 Å². The second kappa shape index (κ2) is 10.4. The Morgan fingerprint density at radius 3 is 2.50 bits per heavy atom. The van der Waals surface area contributed by atoms with Crippen LogP contribution < -0.4 is 15.4 Å². The molecule has 2 N–H and O–H groups in total. The summed E-state index contributed by atoms with van der Waals surface area (Å²) < 4.78 is 19.3. The number of aliphatic imine (C=N–C) groups is 1. The van der Waals surface area contributed by atoms with Gasteiger partial charge in [0, 0.05) is 25.6 Å². The number of rotatable bonds is 6. The molecule has 4 nitrogen and oxygen atoms in total. The number of guanidine groups is 1. The Bertz CT molecular complexity index is 735. The standard InChI is InChI=1S/C20H26FN3O.HI/c1-20(2,17-10-5-6-11-18(17)21)14-24-19(22-3)23-13-15-8-7-9-16(12-15)25-4;/h5-12H,13-14H2,1-4H3,(H2,22,23,24);1H. The van der Waals surface area contributed by atoms with Crippen molar-refractivity contribution in [2.24, 2.45) is 4.99 Å². The number of ether oxygens (including phenoxy) is 1. The highest BCUT2D eigenvalue weighted by molar-refractivity contribution is 14.0. The molecule has 0 radical (unpaired) electrons. The monoisotopic (exact) mass is 471 g/mol. The number of nitrogens with zero attached hydrogens (tertiary/aromatic N) is 1. The Morgan fingerprint density at radius 2 is 1.85 bits per heavy atom. The van der Waals surface area contributed by atoms with Crippen LogP contribution in [0.25, 0.3) is 0 Å². The van der Waals surface area contributed by atoms with Gasteiger partial charge in [0.25, 0.3) is 0 Å². The summed E-state index contributed by atoms with van der Waals surface area (Å²) in [6.07, 6.45) is 0. The molecule has 2 rings (SSSR count). The molecule has 0 atom stereocenters. The lowest BCUT2D eigenvalue weighted by atomic mass is 9.84. The van der Waals surface area contributed by atoms with Gasteiger partial charge in [0.1, 0.15) is 11.6 Å². The van der Waals surface area contributed by atoms with E-state index in [1.54, 1.807) is 20.2 Å².